The molecule has 170 valence electrons. The standard InChI is InChI=1S/C32H22N4/c1-3-7-21(8-4-1)31-27-13-11-23(25-17-33-34-18-25)15-29(27)32(22-9-5-2-6-10-22)30-16-24(12-14-28(30)31)26-19-35-36-20-26/h1-17,19H,18,20H2. The average molecular weight is 463 g/mol. The minimum Gasteiger partial charge on any atom is -0.184 e. The third-order valence-electron chi connectivity index (χ3n) is 7.06. The van der Waals surface area contributed by atoms with Crippen molar-refractivity contribution < 1.29 is 0 Å². The third-order valence-corrected chi connectivity index (χ3v) is 7.06. The van der Waals surface area contributed by atoms with Gasteiger partial charge in [-0.15, -0.1) is 0 Å². The normalized spacial score (nSPS) is 14.6. The van der Waals surface area contributed by atoms with Crippen molar-refractivity contribution >= 4 is 32.7 Å². The van der Waals surface area contributed by atoms with E-state index in [-0.39, 0.29) is 0 Å². The quantitative estimate of drug-likeness (QED) is 0.239. The molecule has 5 aromatic rings. The molecule has 0 spiro atoms. The molecule has 5 aromatic carbocycles. The Kier molecular flexibility index (Phi) is 4.88. The van der Waals surface area contributed by atoms with Crippen LogP contribution in [0.2, 0.25) is 0 Å². The van der Waals surface area contributed by atoms with Gasteiger partial charge in [0, 0.05) is 11.1 Å². The van der Waals surface area contributed by atoms with Crippen LogP contribution >= 0.6 is 0 Å². The Morgan fingerprint density at radius 1 is 0.417 bits per heavy atom. The van der Waals surface area contributed by atoms with E-state index < -0.39 is 0 Å². The summed E-state index contributed by atoms with van der Waals surface area (Å²) >= 11 is 0. The Labute approximate surface area is 209 Å². The van der Waals surface area contributed by atoms with Crippen molar-refractivity contribution in [2.24, 2.45) is 20.5 Å². The molecule has 2 aliphatic heterocycles. The van der Waals surface area contributed by atoms with Crippen LogP contribution in [0.1, 0.15) is 11.1 Å². The number of nitrogens with zero attached hydrogens (tertiary/aromatic N) is 4. The summed E-state index contributed by atoms with van der Waals surface area (Å²) in [5.74, 6) is 0. The zero-order chi connectivity index (χ0) is 23.9. The molecule has 0 saturated carbocycles. The van der Waals surface area contributed by atoms with Crippen LogP contribution in [0.4, 0.5) is 0 Å². The summed E-state index contributed by atoms with van der Waals surface area (Å²) in [6, 6.07) is 35.0. The van der Waals surface area contributed by atoms with Gasteiger partial charge in [0.25, 0.3) is 0 Å². The molecule has 0 N–H and O–H groups in total. The lowest BCUT2D eigenvalue weighted by molar-refractivity contribution is 1.14. The Hall–Kier alpha value is -4.70. The summed E-state index contributed by atoms with van der Waals surface area (Å²) in [5, 5.41) is 21.5. The highest BCUT2D eigenvalue weighted by Crippen LogP contribution is 2.45. The molecular weight excluding hydrogens is 440 g/mol. The SMILES string of the molecule is C1=C(c2ccc3c(-c4ccccc4)c4ccc(C5=CN=NC5)cc4c(-c4ccccc4)c3c2)CN=N1. The van der Waals surface area contributed by atoms with E-state index >= 15 is 0 Å². The van der Waals surface area contributed by atoms with Crippen LogP contribution in [0.25, 0.3) is 54.9 Å². The highest BCUT2D eigenvalue weighted by Gasteiger charge is 2.19. The Morgan fingerprint density at radius 3 is 1.28 bits per heavy atom. The molecule has 2 aliphatic rings. The maximum atomic E-state index is 4.18. The van der Waals surface area contributed by atoms with E-state index in [1.54, 1.807) is 0 Å². The first kappa shape index (κ1) is 20.7. The number of azo groups is 2. The molecular formula is C32H22N4. The summed E-state index contributed by atoms with van der Waals surface area (Å²) in [4.78, 5) is 0. The molecule has 4 heteroatoms. The van der Waals surface area contributed by atoms with Crippen molar-refractivity contribution in [3.63, 3.8) is 0 Å². The molecule has 0 amide bonds. The zero-order valence-electron chi connectivity index (χ0n) is 19.6. The second kappa shape index (κ2) is 8.51. The lowest BCUT2D eigenvalue weighted by Crippen LogP contribution is -1.94. The zero-order valence-corrected chi connectivity index (χ0v) is 19.6. The number of fused-ring (bicyclic) bond motifs is 2. The fourth-order valence-electron chi connectivity index (χ4n) is 5.33. The van der Waals surface area contributed by atoms with Gasteiger partial charge in [0.05, 0.1) is 25.5 Å². The predicted molar refractivity (Wildman–Crippen MR) is 148 cm³/mol. The lowest BCUT2D eigenvalue weighted by Gasteiger charge is -2.19. The summed E-state index contributed by atoms with van der Waals surface area (Å²) in [6.45, 7) is 1.24. The molecule has 36 heavy (non-hydrogen) atoms. The van der Waals surface area contributed by atoms with Gasteiger partial charge in [-0.1, -0.05) is 84.9 Å². The molecule has 0 fully saturated rings. The van der Waals surface area contributed by atoms with E-state index in [2.05, 4.69) is 118 Å². The van der Waals surface area contributed by atoms with Crippen molar-refractivity contribution in [3.8, 4) is 22.3 Å². The van der Waals surface area contributed by atoms with Gasteiger partial charge in [-0.3, -0.25) is 0 Å². The second-order valence-electron chi connectivity index (χ2n) is 9.14. The monoisotopic (exact) mass is 462 g/mol. The van der Waals surface area contributed by atoms with Crippen LogP contribution < -0.4 is 0 Å². The Morgan fingerprint density at radius 2 is 0.861 bits per heavy atom. The highest BCUT2D eigenvalue weighted by molar-refractivity contribution is 6.22. The summed E-state index contributed by atoms with van der Waals surface area (Å²) in [7, 11) is 0. The van der Waals surface area contributed by atoms with Gasteiger partial charge in [-0.2, -0.15) is 20.5 Å². The average Bonchev–Trinajstić information content (AvgIpc) is 3.67. The molecule has 4 nitrogen and oxygen atoms in total. The van der Waals surface area contributed by atoms with E-state index in [1.807, 2.05) is 12.4 Å². The van der Waals surface area contributed by atoms with Crippen molar-refractivity contribution in [1.82, 2.24) is 0 Å². The second-order valence-corrected chi connectivity index (χ2v) is 9.14. The highest BCUT2D eigenvalue weighted by atomic mass is 15.1. The number of rotatable bonds is 4. The molecule has 0 unspecified atom stereocenters. The molecule has 0 atom stereocenters. The van der Waals surface area contributed by atoms with Crippen LogP contribution in [0.3, 0.4) is 0 Å². The van der Waals surface area contributed by atoms with E-state index in [9.17, 15) is 0 Å². The Balaban J connectivity index is 1.64. The van der Waals surface area contributed by atoms with Crippen LogP contribution in [-0.2, 0) is 0 Å². The maximum absolute atomic E-state index is 4.18. The lowest BCUT2D eigenvalue weighted by atomic mass is 9.84. The number of hydrogen-bond donors (Lipinski definition) is 0. The molecule has 0 saturated heterocycles. The summed E-state index contributed by atoms with van der Waals surface area (Å²) in [5.41, 5.74) is 9.52. The van der Waals surface area contributed by atoms with Crippen molar-refractivity contribution in [2.75, 3.05) is 13.1 Å². The third kappa shape index (κ3) is 3.38. The fraction of sp³-hybridized carbons (Fsp3) is 0.0625. The minimum atomic E-state index is 0.622. The van der Waals surface area contributed by atoms with Crippen LogP contribution in [-0.4, -0.2) is 13.1 Å². The van der Waals surface area contributed by atoms with E-state index in [4.69, 9.17) is 0 Å². The molecule has 0 bridgehead atoms. The van der Waals surface area contributed by atoms with Crippen LogP contribution in [0.15, 0.2) is 130 Å². The van der Waals surface area contributed by atoms with Gasteiger partial charge in [0.1, 0.15) is 0 Å². The fourth-order valence-corrected chi connectivity index (χ4v) is 5.33. The van der Waals surface area contributed by atoms with Gasteiger partial charge in [-0.25, -0.2) is 0 Å². The Bertz CT molecular complexity index is 1670. The van der Waals surface area contributed by atoms with Crippen LogP contribution in [0.5, 0.6) is 0 Å². The molecule has 7 rings (SSSR count). The maximum Gasteiger partial charge on any atom is 0.0874 e. The predicted octanol–water partition coefficient (Wildman–Crippen LogP) is 8.94. The van der Waals surface area contributed by atoms with Crippen molar-refractivity contribution in [2.45, 2.75) is 0 Å². The van der Waals surface area contributed by atoms with E-state index in [0.717, 1.165) is 22.3 Å². The van der Waals surface area contributed by atoms with Gasteiger partial charge in [0.15, 0.2) is 0 Å². The van der Waals surface area contributed by atoms with Crippen LogP contribution in [0, 0.1) is 0 Å². The largest absolute Gasteiger partial charge is 0.184 e. The van der Waals surface area contributed by atoms with Gasteiger partial charge in [-0.05, 0) is 67.1 Å². The smallest absolute Gasteiger partial charge is 0.0874 e. The minimum absolute atomic E-state index is 0.622. The van der Waals surface area contributed by atoms with Gasteiger partial charge in [0.2, 0.25) is 0 Å². The number of hydrogen-bond acceptors (Lipinski definition) is 4. The molecule has 2 heterocycles. The summed E-state index contributed by atoms with van der Waals surface area (Å²) in [6.07, 6.45) is 3.75. The first-order valence-corrected chi connectivity index (χ1v) is 12.1. The molecule has 0 radical (unpaired) electrons. The van der Waals surface area contributed by atoms with Crippen molar-refractivity contribution in [3.05, 3.63) is 121 Å². The molecule has 0 aromatic heterocycles. The molecule has 0 aliphatic carbocycles. The first-order valence-electron chi connectivity index (χ1n) is 12.1. The van der Waals surface area contributed by atoms with E-state index in [1.165, 1.54) is 43.8 Å². The number of benzene rings is 5. The van der Waals surface area contributed by atoms with E-state index in [0.29, 0.717) is 13.1 Å². The first-order chi connectivity index (χ1) is 17.9. The van der Waals surface area contributed by atoms with Gasteiger partial charge >= 0.3 is 0 Å². The van der Waals surface area contributed by atoms with Gasteiger partial charge < -0.3 is 0 Å². The van der Waals surface area contributed by atoms with Crippen molar-refractivity contribution in [1.29, 1.82) is 0 Å². The summed E-state index contributed by atoms with van der Waals surface area (Å²) < 4.78 is 0. The topological polar surface area (TPSA) is 49.4 Å².